The predicted octanol–water partition coefficient (Wildman–Crippen LogP) is 2.32. The Morgan fingerprint density at radius 1 is 1.44 bits per heavy atom. The number of benzene rings is 1. The van der Waals surface area contributed by atoms with Gasteiger partial charge in [0.05, 0.1) is 17.8 Å². The van der Waals surface area contributed by atoms with E-state index >= 15 is 0 Å². The third-order valence-corrected chi connectivity index (χ3v) is 3.33. The van der Waals surface area contributed by atoms with Gasteiger partial charge in [-0.3, -0.25) is 0 Å². The fourth-order valence-electron chi connectivity index (χ4n) is 2.56. The number of aliphatic hydroxyl groups is 1. The molecular weight excluding hydrogens is 232 g/mol. The molecule has 18 heavy (non-hydrogen) atoms. The highest BCUT2D eigenvalue weighted by Crippen LogP contribution is 2.40. The van der Waals surface area contributed by atoms with Gasteiger partial charge in [-0.1, -0.05) is 12.1 Å². The molecule has 0 amide bonds. The molecule has 5 nitrogen and oxygen atoms in total. The van der Waals surface area contributed by atoms with Gasteiger partial charge in [-0.25, -0.2) is 4.79 Å². The standard InChI is InChI=1S/C13H14N2O3/c1-7(16)9-5-4-8-6-14-15-11(8)10(9)13(2,3)18-12(15)17/h4-7,16H,1-3H3. The van der Waals surface area contributed by atoms with Crippen LogP contribution in [-0.2, 0) is 10.3 Å². The SMILES string of the molecule is CC(O)c1ccc2cnn3c2c1C(C)(C)OC3=O. The van der Waals surface area contributed by atoms with Gasteiger partial charge in [0.2, 0.25) is 0 Å². The quantitative estimate of drug-likeness (QED) is 0.838. The summed E-state index contributed by atoms with van der Waals surface area (Å²) in [4.78, 5) is 11.8. The van der Waals surface area contributed by atoms with Crippen molar-refractivity contribution in [2.24, 2.45) is 0 Å². The second kappa shape index (κ2) is 3.32. The van der Waals surface area contributed by atoms with E-state index in [0.717, 1.165) is 22.0 Å². The van der Waals surface area contributed by atoms with Crippen LogP contribution in [0.3, 0.4) is 0 Å². The Morgan fingerprint density at radius 2 is 2.17 bits per heavy atom. The van der Waals surface area contributed by atoms with Crippen LogP contribution in [0.25, 0.3) is 10.9 Å². The molecule has 1 unspecified atom stereocenters. The summed E-state index contributed by atoms with van der Waals surface area (Å²) >= 11 is 0. The molecule has 0 radical (unpaired) electrons. The number of nitrogens with zero attached hydrogens (tertiary/aromatic N) is 2. The number of cyclic esters (lactones) is 1. The molecule has 2 aromatic rings. The van der Waals surface area contributed by atoms with E-state index in [0.29, 0.717) is 0 Å². The van der Waals surface area contributed by atoms with Gasteiger partial charge in [0.25, 0.3) is 0 Å². The van der Waals surface area contributed by atoms with Gasteiger partial charge in [-0.2, -0.15) is 9.78 Å². The van der Waals surface area contributed by atoms with Crippen LogP contribution in [0.15, 0.2) is 18.3 Å². The number of aromatic nitrogens is 2. The molecule has 1 aromatic heterocycles. The Morgan fingerprint density at radius 3 is 2.83 bits per heavy atom. The first-order valence-corrected chi connectivity index (χ1v) is 5.84. The van der Waals surface area contributed by atoms with Crippen LogP contribution in [0.5, 0.6) is 0 Å². The number of rotatable bonds is 1. The maximum atomic E-state index is 11.8. The van der Waals surface area contributed by atoms with Gasteiger partial charge in [0.1, 0.15) is 5.60 Å². The lowest BCUT2D eigenvalue weighted by Crippen LogP contribution is -2.35. The average molecular weight is 246 g/mol. The van der Waals surface area contributed by atoms with Crippen LogP contribution in [0, 0.1) is 0 Å². The largest absolute Gasteiger partial charge is 0.437 e. The highest BCUT2D eigenvalue weighted by atomic mass is 16.6. The highest BCUT2D eigenvalue weighted by Gasteiger charge is 2.38. The lowest BCUT2D eigenvalue weighted by atomic mass is 9.88. The molecule has 1 aliphatic rings. The van der Waals surface area contributed by atoms with Gasteiger partial charge in [-0.05, 0) is 26.3 Å². The topological polar surface area (TPSA) is 64.3 Å². The third-order valence-electron chi connectivity index (χ3n) is 3.33. The van der Waals surface area contributed by atoms with Gasteiger partial charge in [0.15, 0.2) is 0 Å². The Labute approximate surface area is 104 Å². The first kappa shape index (κ1) is 11.2. The molecule has 1 atom stereocenters. The lowest BCUT2D eigenvalue weighted by molar-refractivity contribution is 0.0281. The second-order valence-corrected chi connectivity index (χ2v) is 5.08. The third kappa shape index (κ3) is 1.31. The number of aliphatic hydroxyl groups excluding tert-OH is 1. The van der Waals surface area contributed by atoms with E-state index in [1.807, 2.05) is 26.0 Å². The van der Waals surface area contributed by atoms with Gasteiger partial charge < -0.3 is 9.84 Å². The molecule has 5 heteroatoms. The van der Waals surface area contributed by atoms with Crippen molar-refractivity contribution >= 4 is 17.0 Å². The molecule has 3 rings (SSSR count). The smallest absolute Gasteiger partial charge is 0.436 e. The average Bonchev–Trinajstić information content (AvgIpc) is 2.68. The summed E-state index contributed by atoms with van der Waals surface area (Å²) in [7, 11) is 0. The molecule has 1 N–H and O–H groups in total. The molecule has 0 fully saturated rings. The maximum Gasteiger partial charge on any atom is 0.436 e. The fourth-order valence-corrected chi connectivity index (χ4v) is 2.56. The van der Waals surface area contributed by atoms with Crippen LogP contribution < -0.4 is 0 Å². The summed E-state index contributed by atoms with van der Waals surface area (Å²) in [5.41, 5.74) is 1.56. The number of carbonyl (C=O) groups is 1. The van der Waals surface area contributed by atoms with Crippen molar-refractivity contribution in [3.05, 3.63) is 29.5 Å². The first-order chi connectivity index (χ1) is 8.42. The molecule has 0 bridgehead atoms. The predicted molar refractivity (Wildman–Crippen MR) is 65.3 cm³/mol. The summed E-state index contributed by atoms with van der Waals surface area (Å²) in [6.45, 7) is 5.34. The van der Waals surface area contributed by atoms with Crippen molar-refractivity contribution in [1.29, 1.82) is 0 Å². The van der Waals surface area contributed by atoms with E-state index in [2.05, 4.69) is 5.10 Å². The first-order valence-electron chi connectivity index (χ1n) is 5.84. The van der Waals surface area contributed by atoms with E-state index in [-0.39, 0.29) is 0 Å². The number of hydrogen-bond acceptors (Lipinski definition) is 4. The maximum absolute atomic E-state index is 11.8. The Hall–Kier alpha value is -1.88. The summed E-state index contributed by atoms with van der Waals surface area (Å²) in [5, 5.41) is 14.8. The van der Waals surface area contributed by atoms with Crippen molar-refractivity contribution in [2.45, 2.75) is 32.5 Å². The minimum absolute atomic E-state index is 0.481. The van der Waals surface area contributed by atoms with Gasteiger partial charge in [0, 0.05) is 10.9 Å². The van der Waals surface area contributed by atoms with Crippen LogP contribution in [0.1, 0.15) is 38.0 Å². The zero-order chi connectivity index (χ0) is 13.1. The summed E-state index contributed by atoms with van der Waals surface area (Å²) in [5.74, 6) is 0. The van der Waals surface area contributed by atoms with Gasteiger partial charge in [-0.15, -0.1) is 0 Å². The van der Waals surface area contributed by atoms with Crippen molar-refractivity contribution < 1.29 is 14.6 Å². The van der Waals surface area contributed by atoms with Crippen molar-refractivity contribution in [3.8, 4) is 0 Å². The summed E-state index contributed by atoms with van der Waals surface area (Å²) < 4.78 is 6.64. The number of hydrogen-bond donors (Lipinski definition) is 1. The minimum Gasteiger partial charge on any atom is -0.437 e. The Kier molecular flexibility index (Phi) is 2.07. The van der Waals surface area contributed by atoms with E-state index < -0.39 is 17.8 Å². The van der Waals surface area contributed by atoms with Crippen molar-refractivity contribution in [3.63, 3.8) is 0 Å². The summed E-state index contributed by atoms with van der Waals surface area (Å²) in [6, 6.07) is 3.72. The zero-order valence-corrected chi connectivity index (χ0v) is 10.5. The molecule has 1 aromatic carbocycles. The molecule has 0 saturated carbocycles. The normalized spacial score (nSPS) is 18.8. The van der Waals surface area contributed by atoms with Crippen LogP contribution in [-0.4, -0.2) is 21.0 Å². The molecule has 0 spiro atoms. The number of ether oxygens (including phenoxy) is 1. The van der Waals surface area contributed by atoms with E-state index in [1.54, 1.807) is 13.1 Å². The minimum atomic E-state index is -0.765. The van der Waals surface area contributed by atoms with Crippen LogP contribution >= 0.6 is 0 Å². The van der Waals surface area contributed by atoms with Crippen molar-refractivity contribution in [2.75, 3.05) is 0 Å². The van der Waals surface area contributed by atoms with E-state index in [4.69, 9.17) is 4.74 Å². The number of carbonyl (C=O) groups excluding carboxylic acids is 1. The molecule has 1 aliphatic heterocycles. The Bertz CT molecular complexity index is 656. The highest BCUT2D eigenvalue weighted by molar-refractivity contribution is 5.93. The summed E-state index contributed by atoms with van der Waals surface area (Å²) in [6.07, 6.45) is 0.530. The molecule has 0 saturated heterocycles. The Balaban J connectivity index is 2.48. The zero-order valence-electron chi connectivity index (χ0n) is 10.5. The van der Waals surface area contributed by atoms with Gasteiger partial charge >= 0.3 is 6.09 Å². The molecular formula is C13H14N2O3. The lowest BCUT2D eigenvalue weighted by Gasteiger charge is -2.32. The van der Waals surface area contributed by atoms with Crippen molar-refractivity contribution in [1.82, 2.24) is 9.78 Å². The van der Waals surface area contributed by atoms with E-state index in [1.165, 1.54) is 4.68 Å². The molecule has 94 valence electrons. The monoisotopic (exact) mass is 246 g/mol. The second-order valence-electron chi connectivity index (χ2n) is 5.08. The van der Waals surface area contributed by atoms with E-state index in [9.17, 15) is 9.90 Å². The van der Waals surface area contributed by atoms with Crippen LogP contribution in [0.4, 0.5) is 4.79 Å². The fraction of sp³-hybridized carbons (Fsp3) is 0.385. The molecule has 2 heterocycles. The molecule has 0 aliphatic carbocycles. The van der Waals surface area contributed by atoms with Crippen LogP contribution in [0.2, 0.25) is 0 Å².